The fourth-order valence-corrected chi connectivity index (χ4v) is 7.95. The lowest BCUT2D eigenvalue weighted by Gasteiger charge is -2.44. The van der Waals surface area contributed by atoms with Gasteiger partial charge in [0.25, 0.3) is 0 Å². The molecule has 3 aliphatic rings. The molecule has 438 valence electrons. The van der Waals surface area contributed by atoms with E-state index in [2.05, 4.69) is 9.97 Å². The summed E-state index contributed by atoms with van der Waals surface area (Å²) in [5, 5.41) is -0.852. The Balaban J connectivity index is 2.06. The van der Waals surface area contributed by atoms with Gasteiger partial charge >= 0.3 is 77.6 Å². The summed E-state index contributed by atoms with van der Waals surface area (Å²) >= 11 is 6.96. The number of rotatable bonds is 21. The maximum atomic E-state index is 12.8. The molecule has 0 N–H and O–H groups in total. The molecule has 3 saturated heterocycles. The molecule has 0 unspecified atom stereocenters. The Morgan fingerprint density at radius 2 is 0.544 bits per heavy atom. The van der Waals surface area contributed by atoms with Crippen molar-refractivity contribution in [2.24, 2.45) is 0 Å². The van der Waals surface area contributed by atoms with E-state index in [0.29, 0.717) is 0 Å². The van der Waals surface area contributed by atoms with Crippen molar-refractivity contribution in [1.29, 1.82) is 0 Å². The Hall–Kier alpha value is -7.71. The van der Waals surface area contributed by atoms with Crippen molar-refractivity contribution < 1.29 is 143 Å². The zero-order valence-corrected chi connectivity index (χ0v) is 45.1. The highest BCUT2D eigenvalue weighted by Gasteiger charge is 2.57. The highest BCUT2D eigenvalue weighted by molar-refractivity contribution is 6.33. The number of esters is 12. The molecule has 0 bridgehead atoms. The number of carbonyl (C=O) groups excluding carboxylic acids is 12. The third-order valence-electron chi connectivity index (χ3n) is 10.3. The second-order valence-electron chi connectivity index (χ2n) is 17.0. The number of nitrogens with zero attached hydrogens (tertiary/aromatic N) is 2. The molecule has 4 heterocycles. The van der Waals surface area contributed by atoms with Gasteiger partial charge in [-0.25, -0.2) is 0 Å². The van der Waals surface area contributed by atoms with Crippen molar-refractivity contribution in [2.45, 2.75) is 175 Å². The molecule has 1 aromatic heterocycles. The fraction of sp³-hybridized carbons (Fsp3) is 0.652. The summed E-state index contributed by atoms with van der Waals surface area (Å²) in [4.78, 5) is 158. The Morgan fingerprint density at radius 3 is 0.772 bits per heavy atom. The van der Waals surface area contributed by atoms with Gasteiger partial charge in [0.15, 0.2) is 41.6 Å². The SMILES string of the molecule is CC(=O)OC[C@H]1O[C@@H](Oc2nc(O[C@@H]3O[C@H](COC(C)=O)[C@@H](OC(C)=O)[C@H](OC(C)=O)[C@H]3OC(C)=O)c(Cl)c(O[C@@H]3O[C@H](COC(C)=O)[C@@H](OC(C)=O)[C@H](OC(C)=O)[C@H]3OC(C)=O)n2)[C@H](OC(C)=O)[C@@H](OC(C)=O)[C@@H]1OC(C)=O. The first kappa shape index (κ1) is 63.8. The maximum absolute atomic E-state index is 12.8. The molecule has 0 spiro atoms. The molecule has 3 fully saturated rings. The molecule has 79 heavy (non-hydrogen) atoms. The first-order valence-electron chi connectivity index (χ1n) is 23.4. The Kier molecular flexibility index (Phi) is 23.2. The summed E-state index contributed by atoms with van der Waals surface area (Å²) in [6.45, 7) is 9.32. The quantitative estimate of drug-likeness (QED) is 0.111. The lowest BCUT2D eigenvalue weighted by molar-refractivity contribution is -0.292. The lowest BCUT2D eigenvalue weighted by Crippen LogP contribution is -2.64. The molecule has 4 rings (SSSR count). The monoisotopic (exact) mass is 1150 g/mol. The van der Waals surface area contributed by atoms with Crippen LogP contribution in [0.25, 0.3) is 0 Å². The summed E-state index contributed by atoms with van der Waals surface area (Å²) in [5.41, 5.74) is 0. The van der Waals surface area contributed by atoms with Crippen molar-refractivity contribution in [2.75, 3.05) is 19.8 Å². The summed E-state index contributed by atoms with van der Waals surface area (Å²) in [5.74, 6) is -13.8. The Bertz CT molecular complexity index is 2360. The molecule has 0 aromatic carbocycles. The molecule has 15 atom stereocenters. The summed E-state index contributed by atoms with van der Waals surface area (Å²) in [6.07, 6.45) is -27.7. The van der Waals surface area contributed by atoms with E-state index in [0.717, 1.165) is 83.1 Å². The largest absolute Gasteiger partial charge is 0.463 e. The van der Waals surface area contributed by atoms with Crippen molar-refractivity contribution in [1.82, 2.24) is 9.97 Å². The lowest BCUT2D eigenvalue weighted by atomic mass is 9.98. The van der Waals surface area contributed by atoms with Gasteiger partial charge < -0.3 is 85.3 Å². The molecule has 0 saturated carbocycles. The van der Waals surface area contributed by atoms with Crippen LogP contribution in [0.2, 0.25) is 5.02 Å². The fourth-order valence-electron chi connectivity index (χ4n) is 7.77. The third kappa shape index (κ3) is 19.0. The number of carbonyl (C=O) groups is 12. The van der Waals surface area contributed by atoms with Gasteiger partial charge in [-0.05, 0) is 0 Å². The average molecular weight is 1150 g/mol. The van der Waals surface area contributed by atoms with Crippen LogP contribution in [0.15, 0.2) is 0 Å². The average Bonchev–Trinajstić information content (AvgIpc) is 3.30. The second kappa shape index (κ2) is 28.8. The van der Waals surface area contributed by atoms with Crippen LogP contribution >= 0.6 is 11.6 Å². The van der Waals surface area contributed by atoms with Crippen LogP contribution in [0.5, 0.6) is 17.8 Å². The third-order valence-corrected chi connectivity index (χ3v) is 10.6. The molecule has 33 heteroatoms. The molecule has 3 aliphatic heterocycles. The topological polar surface area (TPSA) is 397 Å². The van der Waals surface area contributed by atoms with Gasteiger partial charge in [-0.15, -0.1) is 0 Å². The molecule has 0 aliphatic carbocycles. The van der Waals surface area contributed by atoms with E-state index in [4.69, 9.17) is 96.9 Å². The van der Waals surface area contributed by atoms with Gasteiger partial charge in [-0.3, -0.25) is 57.5 Å². The molecule has 0 radical (unpaired) electrons. The predicted molar refractivity (Wildman–Crippen MR) is 245 cm³/mol. The van der Waals surface area contributed by atoms with Crippen LogP contribution in [0.3, 0.4) is 0 Å². The van der Waals surface area contributed by atoms with Crippen LogP contribution < -0.4 is 14.2 Å². The zero-order chi connectivity index (χ0) is 59.2. The standard InChI is InChI=1S/C46H57ClN2O30/c1-16(50)62-13-28-32(65-19(4)53)35(68-22(7)56)38(71-25(10)59)43(74-28)77-41-31(47)42(78-44-39(72-26(11)60)36(69-23(8)57)33(66-20(5)54)29(75-44)14-63-17(2)51)49-46(48-41)79-45-40(73-27(12)61)37(70-24(9)58)34(67-21(6)55)30(76-45)15-64-18(3)52/h28-30,32-40,43-45H,13-15H2,1-12H3/t28-,29-,30-,32-,33-,34-,35+,36+,37+,38-,39-,40-,43+,44+,45+/m1/s1. The minimum atomic E-state index is -2.12. The van der Waals surface area contributed by atoms with Crippen molar-refractivity contribution in [3.05, 3.63) is 5.02 Å². The van der Waals surface area contributed by atoms with Crippen LogP contribution in [0.1, 0.15) is 83.1 Å². The smallest absolute Gasteiger partial charge is 0.325 e. The summed E-state index contributed by atoms with van der Waals surface area (Å²) < 4.78 is 101. The van der Waals surface area contributed by atoms with Crippen LogP contribution in [-0.4, -0.2) is 194 Å². The number of halogens is 1. The van der Waals surface area contributed by atoms with E-state index in [1.165, 1.54) is 0 Å². The molecule has 0 amide bonds. The van der Waals surface area contributed by atoms with Crippen LogP contribution in [0, 0.1) is 0 Å². The van der Waals surface area contributed by atoms with E-state index < -0.39 is 206 Å². The highest BCUT2D eigenvalue weighted by atomic mass is 35.5. The van der Waals surface area contributed by atoms with Crippen LogP contribution in [-0.2, 0) is 129 Å². The van der Waals surface area contributed by atoms with E-state index in [1.807, 2.05) is 0 Å². The minimum Gasteiger partial charge on any atom is -0.463 e. The molecular formula is C46H57ClN2O30. The predicted octanol–water partition coefficient (Wildman–Crippen LogP) is -0.484. The van der Waals surface area contributed by atoms with Gasteiger partial charge in [-0.1, -0.05) is 11.6 Å². The number of aromatic nitrogens is 2. The van der Waals surface area contributed by atoms with Gasteiger partial charge in [-0.2, -0.15) is 9.97 Å². The van der Waals surface area contributed by atoms with Crippen molar-refractivity contribution in [3.8, 4) is 17.8 Å². The minimum absolute atomic E-state index is 0.742. The molecule has 32 nitrogen and oxygen atoms in total. The van der Waals surface area contributed by atoms with Gasteiger partial charge in [0.2, 0.25) is 48.9 Å². The van der Waals surface area contributed by atoms with Crippen LogP contribution in [0.4, 0.5) is 0 Å². The molecule has 1 aromatic rings. The maximum Gasteiger partial charge on any atom is 0.325 e. The summed E-state index contributed by atoms with van der Waals surface area (Å²) in [7, 11) is 0. The van der Waals surface area contributed by atoms with Crippen molar-refractivity contribution in [3.63, 3.8) is 0 Å². The van der Waals surface area contributed by atoms with Gasteiger partial charge in [0, 0.05) is 83.1 Å². The Morgan fingerprint density at radius 1 is 0.329 bits per heavy atom. The normalized spacial score (nSPS) is 28.0. The number of hydrogen-bond acceptors (Lipinski definition) is 32. The van der Waals surface area contributed by atoms with E-state index in [-0.39, 0.29) is 0 Å². The van der Waals surface area contributed by atoms with Gasteiger partial charge in [0.1, 0.15) is 38.1 Å². The van der Waals surface area contributed by atoms with E-state index in [9.17, 15) is 57.5 Å². The summed E-state index contributed by atoms with van der Waals surface area (Å²) in [6, 6.07) is -1.02. The second-order valence-corrected chi connectivity index (χ2v) is 17.4. The molecular weight excluding hydrogens is 1100 g/mol. The van der Waals surface area contributed by atoms with Gasteiger partial charge in [0.05, 0.1) is 0 Å². The highest BCUT2D eigenvalue weighted by Crippen LogP contribution is 2.40. The zero-order valence-electron chi connectivity index (χ0n) is 44.3. The first-order valence-corrected chi connectivity index (χ1v) is 23.8. The Labute approximate surface area is 452 Å². The first-order chi connectivity index (χ1) is 36.9. The van der Waals surface area contributed by atoms with E-state index in [1.54, 1.807) is 0 Å². The van der Waals surface area contributed by atoms with Crippen molar-refractivity contribution >= 4 is 83.2 Å². The number of hydrogen-bond donors (Lipinski definition) is 0. The number of ether oxygens (including phenoxy) is 18. The van der Waals surface area contributed by atoms with E-state index >= 15 is 0 Å².